The summed E-state index contributed by atoms with van der Waals surface area (Å²) < 4.78 is 0. The normalized spacial score (nSPS) is 12.4. The van der Waals surface area contributed by atoms with Gasteiger partial charge in [-0.2, -0.15) is 0 Å². The molecule has 0 unspecified atom stereocenters. The second-order valence-corrected chi connectivity index (χ2v) is 6.92. The quantitative estimate of drug-likeness (QED) is 0.438. The zero-order valence-electron chi connectivity index (χ0n) is 14.1. The maximum Gasteiger partial charge on any atom is 0.256 e. The molecule has 4 rings (SSSR count). The van der Waals surface area contributed by atoms with Crippen molar-refractivity contribution < 1.29 is 5.11 Å². The molecule has 3 aromatic heterocycles. The van der Waals surface area contributed by atoms with Gasteiger partial charge in [0.15, 0.2) is 0 Å². The van der Waals surface area contributed by atoms with Gasteiger partial charge in [-0.25, -0.2) is 4.98 Å². The molecule has 3 N–H and O–H groups in total. The lowest BCUT2D eigenvalue weighted by molar-refractivity contribution is 0.199. The molecule has 0 aliphatic rings. The Morgan fingerprint density at radius 3 is 2.63 bits per heavy atom. The monoisotopic (exact) mass is 400 g/mol. The number of H-pyrrole nitrogens is 1. The van der Waals surface area contributed by atoms with Gasteiger partial charge >= 0.3 is 0 Å². The molecular formula is C19H14Cl2N4O2. The number of aliphatic hydroxyl groups is 1. The summed E-state index contributed by atoms with van der Waals surface area (Å²) in [5.74, 6) is 0.448. The highest BCUT2D eigenvalue weighted by Gasteiger charge is 2.16. The number of pyridine rings is 3. The molecule has 0 saturated carbocycles. The van der Waals surface area contributed by atoms with Crippen LogP contribution in [-0.4, -0.2) is 20.1 Å². The highest BCUT2D eigenvalue weighted by atomic mass is 35.5. The summed E-state index contributed by atoms with van der Waals surface area (Å²) in [6.45, 7) is 1.63. The lowest BCUT2D eigenvalue weighted by atomic mass is 10.1. The summed E-state index contributed by atoms with van der Waals surface area (Å²) in [5, 5.41) is 15.3. The Balaban J connectivity index is 1.95. The standard InChI is InChI=1S/C19H14Cl2N4O2/c1-9(26)10-6-13(20)17(14(21)7-10)25-18-11-2-5-23-19(27)16(11)12-8-22-4-3-15(12)24-18/h2-9,26H,1H3,(H,23,27)(H,24,25)/t9-/m0/s1. The number of hydrogen-bond acceptors (Lipinski definition) is 5. The first-order valence-electron chi connectivity index (χ1n) is 8.15. The number of rotatable bonds is 3. The lowest BCUT2D eigenvalue weighted by Crippen LogP contribution is -2.08. The molecule has 6 nitrogen and oxygen atoms in total. The van der Waals surface area contributed by atoms with E-state index in [4.69, 9.17) is 23.2 Å². The van der Waals surface area contributed by atoms with E-state index in [-0.39, 0.29) is 5.56 Å². The van der Waals surface area contributed by atoms with E-state index >= 15 is 0 Å². The van der Waals surface area contributed by atoms with Crippen molar-refractivity contribution in [1.82, 2.24) is 15.0 Å². The molecular weight excluding hydrogens is 387 g/mol. The van der Waals surface area contributed by atoms with Gasteiger partial charge in [0.1, 0.15) is 5.82 Å². The van der Waals surface area contributed by atoms with Gasteiger partial charge in [0.2, 0.25) is 0 Å². The van der Waals surface area contributed by atoms with Gasteiger partial charge in [0.25, 0.3) is 5.56 Å². The molecule has 0 amide bonds. The van der Waals surface area contributed by atoms with Gasteiger partial charge in [-0.05, 0) is 36.8 Å². The Kier molecular flexibility index (Phi) is 4.47. The molecule has 1 atom stereocenters. The minimum Gasteiger partial charge on any atom is -0.389 e. The number of anilines is 2. The number of aliphatic hydroxyl groups excluding tert-OH is 1. The van der Waals surface area contributed by atoms with Crippen LogP contribution in [0.5, 0.6) is 0 Å². The van der Waals surface area contributed by atoms with Crippen LogP contribution >= 0.6 is 23.2 Å². The minimum absolute atomic E-state index is 0.238. The summed E-state index contributed by atoms with van der Waals surface area (Å²) in [6, 6.07) is 6.76. The fourth-order valence-corrected chi connectivity index (χ4v) is 3.57. The van der Waals surface area contributed by atoms with E-state index in [9.17, 15) is 9.90 Å². The second-order valence-electron chi connectivity index (χ2n) is 6.11. The van der Waals surface area contributed by atoms with Crippen LogP contribution in [0, 0.1) is 0 Å². The van der Waals surface area contributed by atoms with Crippen LogP contribution in [0.2, 0.25) is 10.0 Å². The van der Waals surface area contributed by atoms with Crippen LogP contribution in [0.3, 0.4) is 0 Å². The average molecular weight is 401 g/mol. The van der Waals surface area contributed by atoms with Gasteiger partial charge in [-0.15, -0.1) is 0 Å². The number of aromatic amines is 1. The molecule has 1 aromatic carbocycles. The molecule has 27 heavy (non-hydrogen) atoms. The molecule has 3 heterocycles. The third-order valence-corrected chi connectivity index (χ3v) is 4.90. The summed E-state index contributed by atoms with van der Waals surface area (Å²) >= 11 is 12.7. The lowest BCUT2D eigenvalue weighted by Gasteiger charge is -2.15. The maximum atomic E-state index is 12.4. The van der Waals surface area contributed by atoms with Crippen molar-refractivity contribution in [3.8, 4) is 0 Å². The number of nitrogens with zero attached hydrogens (tertiary/aromatic N) is 2. The molecule has 0 radical (unpaired) electrons. The van der Waals surface area contributed by atoms with Crippen molar-refractivity contribution >= 4 is 56.4 Å². The molecule has 0 saturated heterocycles. The van der Waals surface area contributed by atoms with Crippen molar-refractivity contribution in [3.05, 3.63) is 68.8 Å². The number of nitrogens with one attached hydrogen (secondary N) is 2. The van der Waals surface area contributed by atoms with Crippen LogP contribution in [0.15, 0.2) is 47.7 Å². The first kappa shape index (κ1) is 17.7. The first-order chi connectivity index (χ1) is 13.0. The van der Waals surface area contributed by atoms with Crippen LogP contribution < -0.4 is 10.9 Å². The van der Waals surface area contributed by atoms with E-state index in [1.165, 1.54) is 0 Å². The topological polar surface area (TPSA) is 90.9 Å². The van der Waals surface area contributed by atoms with Crippen molar-refractivity contribution in [2.24, 2.45) is 0 Å². The Labute approximate surface area is 163 Å². The highest BCUT2D eigenvalue weighted by Crippen LogP contribution is 2.37. The van der Waals surface area contributed by atoms with Gasteiger partial charge in [0.05, 0.1) is 32.7 Å². The van der Waals surface area contributed by atoms with E-state index in [1.54, 1.807) is 49.8 Å². The maximum absolute atomic E-state index is 12.4. The van der Waals surface area contributed by atoms with Crippen LogP contribution in [-0.2, 0) is 0 Å². The zero-order chi connectivity index (χ0) is 19.1. The Bertz CT molecular complexity index is 1210. The molecule has 136 valence electrons. The third kappa shape index (κ3) is 3.12. The fraction of sp³-hybridized carbons (Fsp3) is 0.105. The van der Waals surface area contributed by atoms with Gasteiger partial charge < -0.3 is 15.4 Å². The van der Waals surface area contributed by atoms with Crippen molar-refractivity contribution in [2.45, 2.75) is 13.0 Å². The molecule has 0 aliphatic heterocycles. The van der Waals surface area contributed by atoms with Crippen molar-refractivity contribution in [3.63, 3.8) is 0 Å². The number of hydrogen-bond donors (Lipinski definition) is 3. The Morgan fingerprint density at radius 2 is 1.93 bits per heavy atom. The van der Waals surface area contributed by atoms with E-state index in [1.807, 2.05) is 0 Å². The SMILES string of the molecule is C[C@H](O)c1cc(Cl)c(Nc2nc3ccncc3c3c(=O)[nH]ccc23)c(Cl)c1. The van der Waals surface area contributed by atoms with Crippen molar-refractivity contribution in [2.75, 3.05) is 5.32 Å². The van der Waals surface area contributed by atoms with E-state index in [0.29, 0.717) is 48.8 Å². The second kappa shape index (κ2) is 6.81. The third-order valence-electron chi connectivity index (χ3n) is 4.31. The van der Waals surface area contributed by atoms with Crippen molar-refractivity contribution in [1.29, 1.82) is 0 Å². The number of fused-ring (bicyclic) bond motifs is 3. The van der Waals surface area contributed by atoms with Gasteiger partial charge in [-0.1, -0.05) is 23.2 Å². The number of benzene rings is 1. The molecule has 0 aliphatic carbocycles. The fourth-order valence-electron chi connectivity index (χ4n) is 2.97. The first-order valence-corrected chi connectivity index (χ1v) is 8.90. The summed E-state index contributed by atoms with van der Waals surface area (Å²) in [4.78, 5) is 23.8. The molecule has 0 fully saturated rings. The molecule has 4 aromatic rings. The molecule has 8 heteroatoms. The predicted molar refractivity (Wildman–Crippen MR) is 108 cm³/mol. The predicted octanol–water partition coefficient (Wildman–Crippen LogP) is 4.58. The number of halogens is 2. The van der Waals surface area contributed by atoms with Gasteiger partial charge in [0, 0.05) is 29.4 Å². The Hall–Kier alpha value is -2.67. The smallest absolute Gasteiger partial charge is 0.256 e. The Morgan fingerprint density at radius 1 is 1.19 bits per heavy atom. The summed E-state index contributed by atoms with van der Waals surface area (Å²) in [5.41, 5.74) is 1.43. The molecule has 0 spiro atoms. The number of aromatic nitrogens is 3. The van der Waals surface area contributed by atoms with Crippen LogP contribution in [0.1, 0.15) is 18.6 Å². The van der Waals surface area contributed by atoms with Crippen LogP contribution in [0.25, 0.3) is 21.7 Å². The largest absolute Gasteiger partial charge is 0.389 e. The van der Waals surface area contributed by atoms with Crippen LogP contribution in [0.4, 0.5) is 11.5 Å². The van der Waals surface area contributed by atoms with E-state index in [2.05, 4.69) is 20.3 Å². The molecule has 0 bridgehead atoms. The average Bonchev–Trinajstić information content (AvgIpc) is 2.64. The summed E-state index contributed by atoms with van der Waals surface area (Å²) in [7, 11) is 0. The summed E-state index contributed by atoms with van der Waals surface area (Å²) in [6.07, 6.45) is 4.08. The highest BCUT2D eigenvalue weighted by molar-refractivity contribution is 6.39. The van der Waals surface area contributed by atoms with E-state index < -0.39 is 6.10 Å². The zero-order valence-corrected chi connectivity index (χ0v) is 15.6. The van der Waals surface area contributed by atoms with Gasteiger partial charge in [-0.3, -0.25) is 9.78 Å². The minimum atomic E-state index is -0.695. The van der Waals surface area contributed by atoms with E-state index in [0.717, 1.165) is 0 Å².